The summed E-state index contributed by atoms with van der Waals surface area (Å²) < 4.78 is 59.9. The average Bonchev–Trinajstić information content (AvgIpc) is 2.71. The van der Waals surface area contributed by atoms with Gasteiger partial charge in [0, 0.05) is 0 Å². The lowest BCUT2D eigenvalue weighted by Crippen LogP contribution is -2.39. The summed E-state index contributed by atoms with van der Waals surface area (Å²) in [7, 11) is 6.23. The summed E-state index contributed by atoms with van der Waals surface area (Å²) >= 11 is 0. The fourth-order valence-electron chi connectivity index (χ4n) is 2.60. The first-order valence-electron chi connectivity index (χ1n) is 9.01. The lowest BCUT2D eigenvalue weighted by molar-refractivity contribution is -0.254. The number of rotatable bonds is 9. The van der Waals surface area contributed by atoms with Gasteiger partial charge in [0.15, 0.2) is 0 Å². The van der Waals surface area contributed by atoms with Gasteiger partial charge < -0.3 is 18.9 Å². The minimum atomic E-state index is -4.75. The van der Waals surface area contributed by atoms with Crippen molar-refractivity contribution >= 4 is 5.97 Å². The number of carbonyl (C=O) groups excluding carboxylic acids is 1. The van der Waals surface area contributed by atoms with E-state index in [9.17, 15) is 18.0 Å². The van der Waals surface area contributed by atoms with Gasteiger partial charge in [0.05, 0.1) is 14.2 Å². The SMILES string of the molecule is COC(=O)C(Cc1ccc(OC(Oc2ccc(OC)cc2)C(F)(F)F)cc1)N(C)C. The summed E-state index contributed by atoms with van der Waals surface area (Å²) in [5.74, 6) is 0.0615. The van der Waals surface area contributed by atoms with E-state index in [2.05, 4.69) is 0 Å². The molecule has 0 amide bonds. The van der Waals surface area contributed by atoms with Gasteiger partial charge in [0.2, 0.25) is 0 Å². The van der Waals surface area contributed by atoms with Gasteiger partial charge in [-0.25, -0.2) is 0 Å². The van der Waals surface area contributed by atoms with E-state index in [0.717, 1.165) is 5.56 Å². The molecule has 2 aromatic carbocycles. The Morgan fingerprint density at radius 3 is 1.77 bits per heavy atom. The molecule has 30 heavy (non-hydrogen) atoms. The molecule has 0 fully saturated rings. The normalized spacial score (nSPS) is 13.5. The van der Waals surface area contributed by atoms with Crippen molar-refractivity contribution in [2.45, 2.75) is 24.9 Å². The molecular formula is C21H24F3NO5. The molecule has 0 saturated carbocycles. The first kappa shape index (κ1) is 23.3. The van der Waals surface area contributed by atoms with E-state index in [0.29, 0.717) is 12.2 Å². The van der Waals surface area contributed by atoms with E-state index in [-0.39, 0.29) is 11.5 Å². The summed E-state index contributed by atoms with van der Waals surface area (Å²) in [5.41, 5.74) is 0.742. The van der Waals surface area contributed by atoms with Crippen molar-refractivity contribution in [2.24, 2.45) is 0 Å². The Morgan fingerprint density at radius 2 is 1.37 bits per heavy atom. The van der Waals surface area contributed by atoms with Crippen molar-refractivity contribution < 1.29 is 36.9 Å². The maximum Gasteiger partial charge on any atom is 0.464 e. The molecule has 0 saturated heterocycles. The lowest BCUT2D eigenvalue weighted by atomic mass is 10.1. The molecule has 164 valence electrons. The second-order valence-corrected chi connectivity index (χ2v) is 6.64. The van der Waals surface area contributed by atoms with Gasteiger partial charge >= 0.3 is 18.4 Å². The number of esters is 1. The second-order valence-electron chi connectivity index (χ2n) is 6.64. The predicted octanol–water partition coefficient (Wildman–Crippen LogP) is 3.69. The van der Waals surface area contributed by atoms with E-state index in [1.54, 1.807) is 31.1 Å². The molecule has 0 aliphatic heterocycles. The van der Waals surface area contributed by atoms with Crippen LogP contribution in [0.3, 0.4) is 0 Å². The zero-order valence-corrected chi connectivity index (χ0v) is 17.1. The molecule has 2 atom stereocenters. The summed E-state index contributed by atoms with van der Waals surface area (Å²) in [6.45, 7) is 0. The molecule has 0 radical (unpaired) electrons. The lowest BCUT2D eigenvalue weighted by Gasteiger charge is -2.23. The van der Waals surface area contributed by atoms with Crippen LogP contribution in [0.2, 0.25) is 0 Å². The number of nitrogens with zero attached hydrogens (tertiary/aromatic N) is 1. The van der Waals surface area contributed by atoms with Crippen LogP contribution in [0.15, 0.2) is 48.5 Å². The quantitative estimate of drug-likeness (QED) is 0.450. The van der Waals surface area contributed by atoms with Crippen molar-refractivity contribution in [1.82, 2.24) is 4.90 Å². The highest BCUT2D eigenvalue weighted by Crippen LogP contribution is 2.29. The number of carbonyl (C=O) groups is 1. The van der Waals surface area contributed by atoms with Crippen LogP contribution in [0.25, 0.3) is 0 Å². The molecule has 9 heteroatoms. The number of alkyl halides is 3. The van der Waals surface area contributed by atoms with E-state index < -0.39 is 24.5 Å². The number of hydrogen-bond acceptors (Lipinski definition) is 6. The molecule has 0 aliphatic carbocycles. The van der Waals surface area contributed by atoms with Gasteiger partial charge in [-0.1, -0.05) is 12.1 Å². The molecule has 0 aromatic heterocycles. The Labute approximate surface area is 173 Å². The van der Waals surface area contributed by atoms with Gasteiger partial charge in [0.25, 0.3) is 0 Å². The largest absolute Gasteiger partial charge is 0.497 e. The van der Waals surface area contributed by atoms with Crippen molar-refractivity contribution in [3.8, 4) is 17.2 Å². The monoisotopic (exact) mass is 427 g/mol. The minimum absolute atomic E-state index is 0.0124. The highest BCUT2D eigenvalue weighted by molar-refractivity contribution is 5.76. The van der Waals surface area contributed by atoms with E-state index in [4.69, 9.17) is 18.9 Å². The maximum atomic E-state index is 13.4. The zero-order valence-electron chi connectivity index (χ0n) is 17.1. The Morgan fingerprint density at radius 1 is 0.900 bits per heavy atom. The highest BCUT2D eigenvalue weighted by atomic mass is 19.4. The average molecular weight is 427 g/mol. The smallest absolute Gasteiger partial charge is 0.464 e. The molecule has 6 nitrogen and oxygen atoms in total. The topological polar surface area (TPSA) is 57.2 Å². The van der Waals surface area contributed by atoms with Gasteiger partial charge in [-0.2, -0.15) is 13.2 Å². The molecule has 0 aliphatic rings. The Balaban J connectivity index is 2.10. The number of halogens is 3. The fourth-order valence-corrected chi connectivity index (χ4v) is 2.60. The van der Waals surface area contributed by atoms with Crippen LogP contribution in [0.5, 0.6) is 17.2 Å². The van der Waals surface area contributed by atoms with Crippen molar-refractivity contribution in [2.75, 3.05) is 28.3 Å². The third-order valence-corrected chi connectivity index (χ3v) is 4.26. The molecule has 2 unspecified atom stereocenters. The first-order chi connectivity index (χ1) is 14.1. The van der Waals surface area contributed by atoms with Gasteiger partial charge in [-0.3, -0.25) is 9.69 Å². The Hall–Kier alpha value is -2.94. The van der Waals surface area contributed by atoms with Gasteiger partial charge in [0.1, 0.15) is 23.3 Å². The molecular weight excluding hydrogens is 403 g/mol. The molecule has 0 heterocycles. The van der Waals surface area contributed by atoms with Gasteiger partial charge in [-0.15, -0.1) is 0 Å². The molecule has 0 spiro atoms. The van der Waals surface area contributed by atoms with Crippen LogP contribution in [0, 0.1) is 0 Å². The second kappa shape index (κ2) is 10.2. The van der Waals surface area contributed by atoms with Crippen LogP contribution >= 0.6 is 0 Å². The Bertz CT molecular complexity index is 807. The number of ether oxygens (including phenoxy) is 4. The predicted molar refractivity (Wildman–Crippen MR) is 104 cm³/mol. The number of hydrogen-bond donors (Lipinski definition) is 0. The molecule has 0 bridgehead atoms. The number of methoxy groups -OCH3 is 2. The molecule has 2 aromatic rings. The zero-order chi connectivity index (χ0) is 22.3. The van der Waals surface area contributed by atoms with Crippen LogP contribution in [0.1, 0.15) is 5.56 Å². The van der Waals surface area contributed by atoms with Crippen LogP contribution in [-0.4, -0.2) is 57.7 Å². The number of benzene rings is 2. The third kappa shape index (κ3) is 6.55. The van der Waals surface area contributed by atoms with Crippen molar-refractivity contribution in [3.63, 3.8) is 0 Å². The highest BCUT2D eigenvalue weighted by Gasteiger charge is 2.44. The fraction of sp³-hybridized carbons (Fsp3) is 0.381. The van der Waals surface area contributed by atoms with E-state index in [1.165, 1.54) is 50.6 Å². The Kier molecular flexibility index (Phi) is 7.93. The molecule has 2 rings (SSSR count). The van der Waals surface area contributed by atoms with Crippen molar-refractivity contribution in [1.29, 1.82) is 0 Å². The standard InChI is InChI=1S/C21H24F3NO5/c1-25(2)18(19(26)28-4)13-14-5-7-16(8-6-14)29-20(21(22,23)24)30-17-11-9-15(27-3)10-12-17/h5-12,18,20H,13H2,1-4H3. The van der Waals surface area contributed by atoms with Crippen LogP contribution < -0.4 is 14.2 Å². The van der Waals surface area contributed by atoms with E-state index >= 15 is 0 Å². The number of likely N-dealkylation sites (N-methyl/N-ethyl adjacent to an activating group) is 1. The maximum absolute atomic E-state index is 13.4. The molecule has 0 N–H and O–H groups in total. The summed E-state index contributed by atoms with van der Waals surface area (Å²) in [6, 6.07) is 11.2. The summed E-state index contributed by atoms with van der Waals surface area (Å²) in [4.78, 5) is 13.6. The minimum Gasteiger partial charge on any atom is -0.497 e. The van der Waals surface area contributed by atoms with Gasteiger partial charge in [-0.05, 0) is 62.5 Å². The third-order valence-electron chi connectivity index (χ3n) is 4.26. The first-order valence-corrected chi connectivity index (χ1v) is 9.01. The van der Waals surface area contributed by atoms with Crippen LogP contribution in [0.4, 0.5) is 13.2 Å². The van der Waals surface area contributed by atoms with E-state index in [1.807, 2.05) is 0 Å². The summed E-state index contributed by atoms with van der Waals surface area (Å²) in [6.07, 6.45) is -6.90. The summed E-state index contributed by atoms with van der Waals surface area (Å²) in [5, 5.41) is 0. The van der Waals surface area contributed by atoms with Crippen molar-refractivity contribution in [3.05, 3.63) is 54.1 Å². The van der Waals surface area contributed by atoms with Crippen LogP contribution in [-0.2, 0) is 16.0 Å².